The second kappa shape index (κ2) is 10.5. The Kier molecular flexibility index (Phi) is 8.65. The topological polar surface area (TPSA) is 56.6 Å². The Morgan fingerprint density at radius 3 is 2.42 bits per heavy atom. The number of alkyl halides is 3. The van der Waals surface area contributed by atoms with Gasteiger partial charge in [-0.15, -0.1) is 0 Å². The highest BCUT2D eigenvalue weighted by Crippen LogP contribution is 2.17. The van der Waals surface area contributed by atoms with Gasteiger partial charge in [0.25, 0.3) is 0 Å². The third-order valence-electron chi connectivity index (χ3n) is 3.28. The van der Waals surface area contributed by atoms with E-state index in [2.05, 4.69) is 0 Å². The highest BCUT2D eigenvalue weighted by atomic mass is 19.4. The van der Waals surface area contributed by atoms with Crippen LogP contribution in [-0.4, -0.2) is 62.2 Å². The summed E-state index contributed by atoms with van der Waals surface area (Å²) < 4.78 is 43.1. The summed E-state index contributed by atoms with van der Waals surface area (Å²) in [5.74, 6) is -0.119. The van der Waals surface area contributed by atoms with Gasteiger partial charge < -0.3 is 14.5 Å². The van der Waals surface area contributed by atoms with Crippen LogP contribution in [0.3, 0.4) is 0 Å². The molecule has 1 aromatic rings. The fraction of sp³-hybridized carbons (Fsp3) is 0.444. The Balaban J connectivity index is 2.65. The fourth-order valence-electron chi connectivity index (χ4n) is 1.96. The van der Waals surface area contributed by atoms with Crippen molar-refractivity contribution in [3.63, 3.8) is 0 Å². The number of rotatable bonds is 9. The van der Waals surface area contributed by atoms with Crippen molar-refractivity contribution in [3.8, 4) is 11.8 Å². The van der Waals surface area contributed by atoms with Crippen LogP contribution in [0.5, 0.6) is 5.75 Å². The van der Waals surface area contributed by atoms with Crippen LogP contribution in [0.1, 0.15) is 12.0 Å². The van der Waals surface area contributed by atoms with Crippen LogP contribution in [0.15, 0.2) is 30.3 Å². The molecule has 1 aromatic carbocycles. The van der Waals surface area contributed by atoms with Crippen LogP contribution in [0.4, 0.5) is 13.2 Å². The normalized spacial score (nSPS) is 11.6. The van der Waals surface area contributed by atoms with E-state index < -0.39 is 18.6 Å². The van der Waals surface area contributed by atoms with Gasteiger partial charge in [-0.2, -0.15) is 18.4 Å². The molecule has 0 heterocycles. The van der Waals surface area contributed by atoms with E-state index in [1.807, 2.05) is 19.0 Å². The molecule has 0 aliphatic carbocycles. The maximum Gasteiger partial charge on any atom is 0.406 e. The van der Waals surface area contributed by atoms with Gasteiger partial charge in [0.1, 0.15) is 18.9 Å². The van der Waals surface area contributed by atoms with E-state index in [1.54, 1.807) is 30.3 Å². The van der Waals surface area contributed by atoms with Gasteiger partial charge in [-0.05, 0) is 37.9 Å². The maximum absolute atomic E-state index is 12.5. The van der Waals surface area contributed by atoms with Crippen LogP contribution in [0.2, 0.25) is 0 Å². The quantitative estimate of drug-likeness (QED) is 0.628. The third kappa shape index (κ3) is 9.08. The van der Waals surface area contributed by atoms with Gasteiger partial charge in [0.05, 0.1) is 12.5 Å². The largest absolute Gasteiger partial charge is 0.492 e. The minimum atomic E-state index is -4.51. The molecule has 8 heteroatoms. The number of carbonyl (C=O) groups excluding carboxylic acids is 1. The van der Waals surface area contributed by atoms with Crippen LogP contribution in [0.25, 0.3) is 6.08 Å². The molecule has 1 amide bonds. The number of hydrogen-bond acceptors (Lipinski definition) is 4. The van der Waals surface area contributed by atoms with Crippen molar-refractivity contribution in [1.82, 2.24) is 9.80 Å². The zero-order valence-electron chi connectivity index (χ0n) is 14.8. The molecule has 0 aliphatic rings. The van der Waals surface area contributed by atoms with E-state index >= 15 is 0 Å². The number of hydrogen-bond donors (Lipinski definition) is 0. The molecule has 142 valence electrons. The number of nitriles is 1. The average Bonchev–Trinajstić information content (AvgIpc) is 2.56. The molecule has 0 radical (unpaired) electrons. The minimum Gasteiger partial charge on any atom is -0.492 e. The van der Waals surface area contributed by atoms with E-state index in [0.717, 1.165) is 12.6 Å². The summed E-state index contributed by atoms with van der Waals surface area (Å²) >= 11 is 0. The lowest BCUT2D eigenvalue weighted by Crippen LogP contribution is -2.38. The molecule has 0 aliphatic heterocycles. The summed E-state index contributed by atoms with van der Waals surface area (Å²) in [6, 6.07) is 8.60. The van der Waals surface area contributed by atoms with Crippen molar-refractivity contribution < 1.29 is 22.7 Å². The molecule has 26 heavy (non-hydrogen) atoms. The number of benzene rings is 1. The van der Waals surface area contributed by atoms with Crippen molar-refractivity contribution in [3.05, 3.63) is 35.9 Å². The molecule has 0 aromatic heterocycles. The molecule has 0 saturated heterocycles. The Morgan fingerprint density at radius 1 is 1.23 bits per heavy atom. The molecule has 0 unspecified atom stereocenters. The molecule has 0 atom stereocenters. The Morgan fingerprint density at radius 2 is 1.88 bits per heavy atom. The first-order valence-corrected chi connectivity index (χ1v) is 7.99. The molecule has 0 fully saturated rings. The Bertz CT molecular complexity index is 635. The lowest BCUT2D eigenvalue weighted by atomic mass is 10.2. The average molecular weight is 369 g/mol. The molecule has 1 rings (SSSR count). The summed E-state index contributed by atoms with van der Waals surface area (Å²) in [4.78, 5) is 14.6. The highest BCUT2D eigenvalue weighted by molar-refractivity contribution is 5.91. The summed E-state index contributed by atoms with van der Waals surface area (Å²) in [5.41, 5.74) is 0.658. The molecule has 0 spiro atoms. The highest BCUT2D eigenvalue weighted by Gasteiger charge is 2.32. The first-order chi connectivity index (χ1) is 12.2. The van der Waals surface area contributed by atoms with Crippen LogP contribution in [0, 0.1) is 11.3 Å². The van der Waals surface area contributed by atoms with Crippen LogP contribution < -0.4 is 4.74 Å². The standard InChI is InChI=1S/C18H22F3N3O2/c1-23(2)12-13-26-16-7-4-15(5-8-16)6-9-17(25)24(11-3-10-22)14-18(19,20)21/h4-9H,3,11-14H2,1-2H3/b9-6+. The minimum absolute atomic E-state index is 0.158. The monoisotopic (exact) mass is 369 g/mol. The van der Waals surface area contributed by atoms with Crippen molar-refractivity contribution in [2.24, 2.45) is 0 Å². The second-order valence-corrected chi connectivity index (χ2v) is 5.84. The smallest absolute Gasteiger partial charge is 0.406 e. The summed E-state index contributed by atoms with van der Waals surface area (Å²) in [6.45, 7) is -0.339. The molecular weight excluding hydrogens is 347 g/mol. The molecule has 0 N–H and O–H groups in total. The van der Waals surface area contributed by atoms with Gasteiger partial charge in [-0.1, -0.05) is 12.1 Å². The summed E-state index contributed by atoms with van der Waals surface area (Å²) in [7, 11) is 3.87. The summed E-state index contributed by atoms with van der Waals surface area (Å²) in [6.07, 6.45) is -2.16. The molecule has 0 bridgehead atoms. The van der Waals surface area contributed by atoms with Gasteiger partial charge in [-0.25, -0.2) is 0 Å². The Labute approximate surface area is 151 Å². The van der Waals surface area contributed by atoms with E-state index in [9.17, 15) is 18.0 Å². The van der Waals surface area contributed by atoms with Gasteiger partial charge >= 0.3 is 6.18 Å². The van der Waals surface area contributed by atoms with E-state index in [0.29, 0.717) is 22.8 Å². The third-order valence-corrected chi connectivity index (χ3v) is 3.28. The van der Waals surface area contributed by atoms with Crippen molar-refractivity contribution >= 4 is 12.0 Å². The van der Waals surface area contributed by atoms with E-state index in [1.165, 1.54) is 6.08 Å². The SMILES string of the molecule is CN(C)CCOc1ccc(/C=C/C(=O)N(CCC#N)CC(F)(F)F)cc1. The van der Waals surface area contributed by atoms with Crippen molar-refractivity contribution in [2.45, 2.75) is 12.6 Å². The first-order valence-electron chi connectivity index (χ1n) is 7.99. The lowest BCUT2D eigenvalue weighted by molar-refractivity contribution is -0.158. The zero-order chi connectivity index (χ0) is 19.6. The van der Waals surface area contributed by atoms with Gasteiger partial charge in [-0.3, -0.25) is 4.79 Å². The fourth-order valence-corrected chi connectivity index (χ4v) is 1.96. The van der Waals surface area contributed by atoms with E-state index in [4.69, 9.17) is 10.00 Å². The van der Waals surface area contributed by atoms with Crippen molar-refractivity contribution in [2.75, 3.05) is 40.3 Å². The number of likely N-dealkylation sites (N-methyl/N-ethyl adjacent to an activating group) is 1. The van der Waals surface area contributed by atoms with Gasteiger partial charge in [0, 0.05) is 19.2 Å². The van der Waals surface area contributed by atoms with Crippen molar-refractivity contribution in [1.29, 1.82) is 5.26 Å². The first kappa shape index (κ1) is 21.5. The summed E-state index contributed by atoms with van der Waals surface area (Å²) in [5, 5.41) is 8.52. The number of carbonyl (C=O) groups is 1. The number of nitrogens with zero attached hydrogens (tertiary/aromatic N) is 3. The zero-order valence-corrected chi connectivity index (χ0v) is 14.8. The number of halogens is 3. The van der Waals surface area contributed by atoms with Gasteiger partial charge in [0.15, 0.2) is 0 Å². The van der Waals surface area contributed by atoms with Crippen LogP contribution >= 0.6 is 0 Å². The van der Waals surface area contributed by atoms with Gasteiger partial charge in [0.2, 0.25) is 5.91 Å². The van der Waals surface area contributed by atoms with Crippen LogP contribution in [-0.2, 0) is 4.79 Å². The molecule has 0 saturated carbocycles. The predicted molar refractivity (Wildman–Crippen MR) is 92.4 cm³/mol. The molecular formula is C18H22F3N3O2. The second-order valence-electron chi connectivity index (χ2n) is 5.84. The Hall–Kier alpha value is -2.53. The number of amides is 1. The lowest BCUT2D eigenvalue weighted by Gasteiger charge is -2.21. The number of ether oxygens (including phenoxy) is 1. The van der Waals surface area contributed by atoms with E-state index in [-0.39, 0.29) is 13.0 Å². The predicted octanol–water partition coefficient (Wildman–Crippen LogP) is 2.94. The maximum atomic E-state index is 12.5. The molecule has 5 nitrogen and oxygen atoms in total.